The predicted molar refractivity (Wildman–Crippen MR) is 169 cm³/mol. The third-order valence-corrected chi connectivity index (χ3v) is 8.09. The summed E-state index contributed by atoms with van der Waals surface area (Å²) in [5.74, 6) is 2.39. The van der Waals surface area contributed by atoms with E-state index in [1.165, 1.54) is 0 Å². The van der Waals surface area contributed by atoms with Crippen LogP contribution in [0.2, 0.25) is 0 Å². The van der Waals surface area contributed by atoms with E-state index in [1.54, 1.807) is 0 Å². The summed E-state index contributed by atoms with van der Waals surface area (Å²) < 4.78 is 12.8. The highest BCUT2D eigenvalue weighted by atomic mass is 16.5. The van der Waals surface area contributed by atoms with Crippen molar-refractivity contribution in [3.63, 3.8) is 0 Å². The van der Waals surface area contributed by atoms with Gasteiger partial charge >= 0.3 is 0 Å². The number of hydrogen-bond donors (Lipinski definition) is 0. The average molecular weight is 539 g/mol. The molecule has 1 aliphatic rings. The molecular formula is C38H22N2O2. The van der Waals surface area contributed by atoms with Gasteiger partial charge in [0.05, 0.1) is 11.4 Å². The summed E-state index contributed by atoms with van der Waals surface area (Å²) in [7, 11) is 0. The fraction of sp³-hybridized carbons (Fsp3) is 0. The number of hydrogen-bond acceptors (Lipinski definition) is 4. The highest BCUT2D eigenvalue weighted by Gasteiger charge is 2.21. The van der Waals surface area contributed by atoms with Crippen LogP contribution in [0.4, 0.5) is 0 Å². The molecule has 6 aromatic carbocycles. The maximum absolute atomic E-state index is 6.39. The molecular weight excluding hydrogens is 516 g/mol. The number of rotatable bonds is 3. The Morgan fingerprint density at radius 1 is 0.476 bits per heavy atom. The van der Waals surface area contributed by atoms with Crippen molar-refractivity contribution in [3.8, 4) is 56.5 Å². The van der Waals surface area contributed by atoms with Gasteiger partial charge in [0.2, 0.25) is 0 Å². The monoisotopic (exact) mass is 538 g/mol. The molecule has 0 saturated carbocycles. The van der Waals surface area contributed by atoms with E-state index >= 15 is 0 Å². The van der Waals surface area contributed by atoms with Gasteiger partial charge in [0.25, 0.3) is 0 Å². The number of ether oxygens (including phenoxy) is 1. The minimum absolute atomic E-state index is 0.664. The van der Waals surface area contributed by atoms with Crippen molar-refractivity contribution in [3.05, 3.63) is 133 Å². The van der Waals surface area contributed by atoms with E-state index in [9.17, 15) is 0 Å². The standard InChI is InChI=1S/C38H22N2O2/c1-2-9-24(10-3-1)38-39-31(22-32(40-38)29-16-8-15-28-26-13-4-5-17-33(26)42-37(28)29)25-19-20-34-30(21-25)27-14-6-11-23-12-7-18-35(41-34)36(23)27/h1-22H. The van der Waals surface area contributed by atoms with E-state index in [4.69, 9.17) is 19.1 Å². The lowest BCUT2D eigenvalue weighted by molar-refractivity contribution is 0.487. The molecule has 0 atom stereocenters. The molecule has 0 spiro atoms. The van der Waals surface area contributed by atoms with E-state index < -0.39 is 0 Å². The Balaban J connectivity index is 1.27. The third kappa shape index (κ3) is 3.49. The molecule has 196 valence electrons. The van der Waals surface area contributed by atoms with Crippen LogP contribution in [0, 0.1) is 0 Å². The first kappa shape index (κ1) is 23.0. The molecule has 9 rings (SSSR count). The molecule has 0 fully saturated rings. The molecule has 8 aromatic rings. The number of furan rings is 1. The summed E-state index contributed by atoms with van der Waals surface area (Å²) in [5, 5.41) is 4.46. The first-order valence-electron chi connectivity index (χ1n) is 14.0. The summed E-state index contributed by atoms with van der Waals surface area (Å²) in [5.41, 5.74) is 8.43. The fourth-order valence-electron chi connectivity index (χ4n) is 6.12. The van der Waals surface area contributed by atoms with Crippen LogP contribution in [0.25, 0.3) is 77.7 Å². The van der Waals surface area contributed by atoms with E-state index in [-0.39, 0.29) is 0 Å². The Labute approximate surface area is 241 Å². The Kier molecular flexibility index (Phi) is 4.87. The van der Waals surface area contributed by atoms with Crippen LogP contribution in [-0.4, -0.2) is 9.97 Å². The quantitative estimate of drug-likeness (QED) is 0.224. The lowest BCUT2D eigenvalue weighted by Crippen LogP contribution is -1.99. The molecule has 4 heteroatoms. The van der Waals surface area contributed by atoms with Crippen LogP contribution in [-0.2, 0) is 0 Å². The SMILES string of the molecule is c1ccc(-c2nc(-c3ccc4c(c3)-c3cccc5cccc(c35)O4)cc(-c3cccc4c3oc3ccccc34)n2)cc1. The summed E-state index contributed by atoms with van der Waals surface area (Å²) in [6.07, 6.45) is 0. The summed E-state index contributed by atoms with van der Waals surface area (Å²) in [6.45, 7) is 0. The zero-order valence-corrected chi connectivity index (χ0v) is 22.4. The Hall–Kier alpha value is -5.74. The number of para-hydroxylation sites is 2. The Bertz CT molecular complexity index is 2330. The van der Waals surface area contributed by atoms with Gasteiger partial charge in [0.15, 0.2) is 5.82 Å². The second-order valence-electron chi connectivity index (χ2n) is 10.6. The van der Waals surface area contributed by atoms with E-state index in [0.717, 1.165) is 83.4 Å². The molecule has 0 unspecified atom stereocenters. The lowest BCUT2D eigenvalue weighted by atomic mass is 9.93. The van der Waals surface area contributed by atoms with Gasteiger partial charge in [-0.2, -0.15) is 0 Å². The van der Waals surface area contributed by atoms with Crippen molar-refractivity contribution in [2.75, 3.05) is 0 Å². The first-order chi connectivity index (χ1) is 20.8. The van der Waals surface area contributed by atoms with Gasteiger partial charge in [-0.3, -0.25) is 0 Å². The highest BCUT2D eigenvalue weighted by molar-refractivity contribution is 6.09. The number of nitrogens with zero attached hydrogens (tertiary/aromatic N) is 2. The van der Waals surface area contributed by atoms with Crippen LogP contribution >= 0.6 is 0 Å². The second-order valence-corrected chi connectivity index (χ2v) is 10.6. The topological polar surface area (TPSA) is 48.2 Å². The molecule has 3 heterocycles. The van der Waals surface area contributed by atoms with Crippen molar-refractivity contribution in [1.82, 2.24) is 9.97 Å². The number of fused-ring (bicyclic) bond motifs is 5. The van der Waals surface area contributed by atoms with Crippen molar-refractivity contribution in [2.45, 2.75) is 0 Å². The average Bonchev–Trinajstić information content (AvgIpc) is 3.44. The second kappa shape index (κ2) is 8.88. The van der Waals surface area contributed by atoms with Gasteiger partial charge in [0.1, 0.15) is 22.7 Å². The van der Waals surface area contributed by atoms with Gasteiger partial charge in [0, 0.05) is 38.4 Å². The van der Waals surface area contributed by atoms with Crippen LogP contribution in [0.5, 0.6) is 11.5 Å². The lowest BCUT2D eigenvalue weighted by Gasteiger charge is -2.22. The molecule has 0 radical (unpaired) electrons. The largest absolute Gasteiger partial charge is 0.456 e. The van der Waals surface area contributed by atoms with Gasteiger partial charge in [-0.25, -0.2) is 9.97 Å². The van der Waals surface area contributed by atoms with Crippen molar-refractivity contribution < 1.29 is 9.15 Å². The van der Waals surface area contributed by atoms with Gasteiger partial charge in [-0.1, -0.05) is 91.0 Å². The van der Waals surface area contributed by atoms with Crippen molar-refractivity contribution in [1.29, 1.82) is 0 Å². The molecule has 1 aliphatic heterocycles. The summed E-state index contributed by atoms with van der Waals surface area (Å²) in [4.78, 5) is 10.2. The minimum atomic E-state index is 0.664. The van der Waals surface area contributed by atoms with E-state index in [0.29, 0.717) is 5.82 Å². The fourth-order valence-corrected chi connectivity index (χ4v) is 6.12. The molecule has 0 aliphatic carbocycles. The molecule has 4 nitrogen and oxygen atoms in total. The smallest absolute Gasteiger partial charge is 0.160 e. The van der Waals surface area contributed by atoms with Crippen LogP contribution in [0.1, 0.15) is 0 Å². The van der Waals surface area contributed by atoms with Crippen molar-refractivity contribution >= 4 is 32.7 Å². The van der Waals surface area contributed by atoms with E-state index in [2.05, 4.69) is 66.7 Å². The predicted octanol–water partition coefficient (Wildman–Crippen LogP) is 10.3. The number of aromatic nitrogens is 2. The van der Waals surface area contributed by atoms with Crippen LogP contribution in [0.15, 0.2) is 138 Å². The molecule has 0 saturated heterocycles. The van der Waals surface area contributed by atoms with Gasteiger partial charge in [-0.15, -0.1) is 0 Å². The Morgan fingerprint density at radius 2 is 1.24 bits per heavy atom. The molecule has 0 N–H and O–H groups in total. The number of benzene rings is 6. The van der Waals surface area contributed by atoms with E-state index in [1.807, 2.05) is 66.7 Å². The third-order valence-electron chi connectivity index (χ3n) is 8.09. The summed E-state index contributed by atoms with van der Waals surface area (Å²) in [6, 6.07) is 45.5. The first-order valence-corrected chi connectivity index (χ1v) is 14.0. The normalized spacial score (nSPS) is 12.0. The van der Waals surface area contributed by atoms with Crippen LogP contribution in [0.3, 0.4) is 0 Å². The maximum atomic E-state index is 6.39. The minimum Gasteiger partial charge on any atom is -0.456 e. The zero-order valence-electron chi connectivity index (χ0n) is 22.4. The van der Waals surface area contributed by atoms with Gasteiger partial charge in [-0.05, 0) is 53.4 Å². The van der Waals surface area contributed by atoms with Gasteiger partial charge < -0.3 is 9.15 Å². The summed E-state index contributed by atoms with van der Waals surface area (Å²) >= 11 is 0. The van der Waals surface area contributed by atoms with Crippen LogP contribution < -0.4 is 4.74 Å². The zero-order chi connectivity index (χ0) is 27.6. The maximum Gasteiger partial charge on any atom is 0.160 e. The molecule has 0 amide bonds. The Morgan fingerprint density at radius 3 is 2.17 bits per heavy atom. The van der Waals surface area contributed by atoms with Crippen molar-refractivity contribution in [2.24, 2.45) is 0 Å². The highest BCUT2D eigenvalue weighted by Crippen LogP contribution is 2.47. The molecule has 2 aromatic heterocycles. The molecule has 0 bridgehead atoms. The molecule has 42 heavy (non-hydrogen) atoms.